The van der Waals surface area contributed by atoms with Crippen LogP contribution in [0.3, 0.4) is 0 Å². The molecule has 0 bridgehead atoms. The Morgan fingerprint density at radius 1 is 1.08 bits per heavy atom. The fourth-order valence-corrected chi connectivity index (χ4v) is 3.53. The van der Waals surface area contributed by atoms with Crippen LogP contribution in [0.25, 0.3) is 0 Å². The minimum atomic E-state index is -1.58. The number of carboxylic acid groups (broad SMARTS) is 1. The summed E-state index contributed by atoms with van der Waals surface area (Å²) in [5, 5.41) is 39.0. The number of carboxylic acids is 1. The molecule has 2 aliphatic rings. The molecule has 0 saturated carbocycles. The molecule has 25 heavy (non-hydrogen) atoms. The quantitative estimate of drug-likeness (QED) is 0.406. The Kier molecular flexibility index (Phi) is 6.77. The van der Waals surface area contributed by atoms with Crippen molar-refractivity contribution in [3.05, 3.63) is 0 Å². The number of hydrogen-bond acceptors (Lipinski definition) is 8. The first-order valence-electron chi connectivity index (χ1n) is 8.65. The van der Waals surface area contributed by atoms with Crippen LogP contribution in [0, 0.1) is 5.92 Å². The monoisotopic (exact) mass is 363 g/mol. The summed E-state index contributed by atoms with van der Waals surface area (Å²) >= 11 is 0. The van der Waals surface area contributed by atoms with Crippen molar-refractivity contribution < 1.29 is 39.4 Å². The van der Waals surface area contributed by atoms with E-state index in [0.717, 1.165) is 6.42 Å². The average Bonchev–Trinajstić information content (AvgIpc) is 2.56. The fourth-order valence-electron chi connectivity index (χ4n) is 3.53. The maximum Gasteiger partial charge on any atom is 0.306 e. The highest BCUT2D eigenvalue weighted by Crippen LogP contribution is 2.32. The van der Waals surface area contributed by atoms with Crippen molar-refractivity contribution in [2.24, 2.45) is 11.7 Å². The Balaban J connectivity index is 2.14. The zero-order chi connectivity index (χ0) is 18.9. The van der Waals surface area contributed by atoms with E-state index in [1.807, 2.05) is 20.8 Å². The van der Waals surface area contributed by atoms with Gasteiger partial charge in [-0.2, -0.15) is 0 Å². The molecule has 10 atom stereocenters. The van der Waals surface area contributed by atoms with E-state index in [2.05, 4.69) is 0 Å². The summed E-state index contributed by atoms with van der Waals surface area (Å²) in [4.78, 5) is 10.9. The SMILES string of the molecule is CCC1OC(C)C(N)C(OC2OC(CC(=O)O)C(O)C(O)C2O)C1C. The molecule has 146 valence electrons. The topological polar surface area (TPSA) is 152 Å². The summed E-state index contributed by atoms with van der Waals surface area (Å²) in [7, 11) is 0. The Labute approximate surface area is 146 Å². The van der Waals surface area contributed by atoms with E-state index >= 15 is 0 Å². The number of nitrogens with two attached hydrogens (primary N) is 1. The van der Waals surface area contributed by atoms with Crippen molar-refractivity contribution in [3.63, 3.8) is 0 Å². The zero-order valence-corrected chi connectivity index (χ0v) is 14.7. The smallest absolute Gasteiger partial charge is 0.306 e. The van der Waals surface area contributed by atoms with Crippen LogP contribution in [0.1, 0.15) is 33.6 Å². The van der Waals surface area contributed by atoms with E-state index in [0.29, 0.717) is 0 Å². The lowest BCUT2D eigenvalue weighted by Gasteiger charge is -2.47. The molecule has 0 aromatic heterocycles. The molecule has 2 saturated heterocycles. The van der Waals surface area contributed by atoms with Gasteiger partial charge in [0.2, 0.25) is 0 Å². The molecule has 10 unspecified atom stereocenters. The second-order valence-corrected chi connectivity index (χ2v) is 6.94. The number of rotatable bonds is 5. The van der Waals surface area contributed by atoms with Crippen molar-refractivity contribution in [2.75, 3.05) is 0 Å². The summed E-state index contributed by atoms with van der Waals surface area (Å²) in [5.41, 5.74) is 6.18. The molecule has 9 nitrogen and oxygen atoms in total. The van der Waals surface area contributed by atoms with Crippen molar-refractivity contribution in [3.8, 4) is 0 Å². The second-order valence-electron chi connectivity index (χ2n) is 6.94. The van der Waals surface area contributed by atoms with Gasteiger partial charge in [0.25, 0.3) is 0 Å². The van der Waals surface area contributed by atoms with Crippen molar-refractivity contribution in [1.82, 2.24) is 0 Å². The molecule has 6 N–H and O–H groups in total. The van der Waals surface area contributed by atoms with Gasteiger partial charge in [-0.05, 0) is 13.3 Å². The lowest BCUT2D eigenvalue weighted by molar-refractivity contribution is -0.322. The van der Waals surface area contributed by atoms with E-state index in [4.69, 9.17) is 25.1 Å². The molecule has 0 spiro atoms. The van der Waals surface area contributed by atoms with Gasteiger partial charge in [0, 0.05) is 5.92 Å². The van der Waals surface area contributed by atoms with Crippen LogP contribution in [0.2, 0.25) is 0 Å². The van der Waals surface area contributed by atoms with Gasteiger partial charge < -0.3 is 40.4 Å². The molecule has 0 aliphatic carbocycles. The fraction of sp³-hybridized carbons (Fsp3) is 0.938. The molecule has 9 heteroatoms. The molecule has 2 fully saturated rings. The molecule has 0 radical (unpaired) electrons. The third-order valence-electron chi connectivity index (χ3n) is 5.15. The first-order valence-corrected chi connectivity index (χ1v) is 8.65. The van der Waals surface area contributed by atoms with Crippen LogP contribution in [0.5, 0.6) is 0 Å². The standard InChI is InChI=1S/C16H29NO8/c1-4-8-6(2)15(11(17)7(3)23-8)25-16-14(22)13(21)12(20)9(24-16)5-10(18)19/h6-9,11-16,20-22H,4-5,17H2,1-3H3,(H,18,19). The van der Waals surface area contributed by atoms with Gasteiger partial charge in [0.15, 0.2) is 6.29 Å². The third kappa shape index (κ3) is 4.30. The van der Waals surface area contributed by atoms with Gasteiger partial charge in [-0.3, -0.25) is 4.79 Å². The Bertz CT molecular complexity index is 463. The van der Waals surface area contributed by atoms with Gasteiger partial charge in [0.1, 0.15) is 18.3 Å². The second kappa shape index (κ2) is 8.26. The predicted molar refractivity (Wildman–Crippen MR) is 85.6 cm³/mol. The minimum Gasteiger partial charge on any atom is -0.481 e. The van der Waals surface area contributed by atoms with Crippen LogP contribution >= 0.6 is 0 Å². The van der Waals surface area contributed by atoms with E-state index in [1.165, 1.54) is 0 Å². The molecular formula is C16H29NO8. The summed E-state index contributed by atoms with van der Waals surface area (Å²) in [6, 6.07) is -0.476. The molecular weight excluding hydrogens is 334 g/mol. The van der Waals surface area contributed by atoms with Gasteiger partial charge >= 0.3 is 5.97 Å². The van der Waals surface area contributed by atoms with Crippen LogP contribution < -0.4 is 5.73 Å². The number of aliphatic carboxylic acids is 1. The lowest BCUT2D eigenvalue weighted by atomic mass is 9.86. The largest absolute Gasteiger partial charge is 0.481 e. The number of hydrogen-bond donors (Lipinski definition) is 5. The van der Waals surface area contributed by atoms with Gasteiger partial charge in [-0.25, -0.2) is 0 Å². The number of aliphatic hydroxyl groups is 3. The highest BCUT2D eigenvalue weighted by molar-refractivity contribution is 5.67. The maximum absolute atomic E-state index is 10.9. The van der Waals surface area contributed by atoms with E-state index in [1.54, 1.807) is 0 Å². The summed E-state index contributed by atoms with van der Waals surface area (Å²) < 4.78 is 17.1. The highest BCUT2D eigenvalue weighted by atomic mass is 16.7. The molecule has 0 amide bonds. The predicted octanol–water partition coefficient (Wildman–Crippen LogP) is -1.19. The number of aliphatic hydroxyl groups excluding tert-OH is 3. The van der Waals surface area contributed by atoms with Crippen LogP contribution in [0.15, 0.2) is 0 Å². The number of ether oxygens (including phenoxy) is 3. The summed E-state index contributed by atoms with van der Waals surface area (Å²) in [6.45, 7) is 5.73. The highest BCUT2D eigenvalue weighted by Gasteiger charge is 2.48. The maximum atomic E-state index is 10.9. The molecule has 2 heterocycles. The Morgan fingerprint density at radius 3 is 2.28 bits per heavy atom. The lowest BCUT2D eigenvalue weighted by Crippen LogP contribution is -2.63. The van der Waals surface area contributed by atoms with Gasteiger partial charge in [-0.1, -0.05) is 13.8 Å². The van der Waals surface area contributed by atoms with Crippen LogP contribution in [-0.2, 0) is 19.0 Å². The van der Waals surface area contributed by atoms with E-state index in [9.17, 15) is 20.1 Å². The molecule has 2 rings (SSSR count). The molecule has 0 aromatic carbocycles. The summed E-state index contributed by atoms with van der Waals surface area (Å²) in [5.74, 6) is -1.28. The summed E-state index contributed by atoms with van der Waals surface area (Å²) in [6.07, 6.45) is -7.70. The number of carbonyl (C=O) groups is 1. The first kappa shape index (κ1) is 20.5. The third-order valence-corrected chi connectivity index (χ3v) is 5.15. The average molecular weight is 363 g/mol. The van der Waals surface area contributed by atoms with Crippen LogP contribution in [-0.4, -0.2) is 81.5 Å². The van der Waals surface area contributed by atoms with E-state index in [-0.39, 0.29) is 18.1 Å². The van der Waals surface area contributed by atoms with Crippen molar-refractivity contribution in [1.29, 1.82) is 0 Å². The minimum absolute atomic E-state index is 0.0779. The molecule has 2 aliphatic heterocycles. The van der Waals surface area contributed by atoms with Crippen molar-refractivity contribution >= 4 is 5.97 Å². The Hall–Kier alpha value is -0.810. The van der Waals surface area contributed by atoms with Crippen molar-refractivity contribution in [2.45, 2.75) is 88.7 Å². The van der Waals surface area contributed by atoms with Gasteiger partial charge in [0.05, 0.1) is 36.9 Å². The first-order chi connectivity index (χ1) is 11.7. The van der Waals surface area contributed by atoms with Crippen LogP contribution in [0.4, 0.5) is 0 Å². The van der Waals surface area contributed by atoms with E-state index < -0.39 is 55.2 Å². The normalized spacial score (nSPS) is 48.3. The Morgan fingerprint density at radius 2 is 1.72 bits per heavy atom. The zero-order valence-electron chi connectivity index (χ0n) is 14.7. The molecule has 0 aromatic rings. The van der Waals surface area contributed by atoms with Gasteiger partial charge in [-0.15, -0.1) is 0 Å².